The van der Waals surface area contributed by atoms with Gasteiger partial charge in [-0.15, -0.1) is 11.3 Å². The zero-order valence-electron chi connectivity index (χ0n) is 10.6. The lowest BCUT2D eigenvalue weighted by Crippen LogP contribution is -1.94. The molecule has 0 bridgehead atoms. The first-order valence-electron chi connectivity index (χ1n) is 5.94. The Balaban J connectivity index is 1.98. The third-order valence-electron chi connectivity index (χ3n) is 2.96. The smallest absolute Gasteiger partial charge is 0.352 e. The van der Waals surface area contributed by atoms with E-state index in [2.05, 4.69) is 15.0 Å². The van der Waals surface area contributed by atoms with Gasteiger partial charge in [0.05, 0.1) is 5.69 Å². The van der Waals surface area contributed by atoms with Gasteiger partial charge in [0.1, 0.15) is 10.7 Å². The fourth-order valence-corrected chi connectivity index (χ4v) is 2.83. The van der Waals surface area contributed by atoms with Crippen LogP contribution in [-0.2, 0) is 0 Å². The van der Waals surface area contributed by atoms with Crippen LogP contribution in [0.2, 0.25) is 0 Å². The Labute approximate surface area is 119 Å². The SMILES string of the molecule is Cc1cnccc1-c1nc(-c2c[nH]c(C(=O)O)c2)cs1. The van der Waals surface area contributed by atoms with Crippen LogP contribution in [-0.4, -0.2) is 26.0 Å². The van der Waals surface area contributed by atoms with Crippen LogP contribution < -0.4 is 0 Å². The number of aromatic carboxylic acids is 1. The molecular formula is C14H11N3O2S. The minimum atomic E-state index is -0.975. The van der Waals surface area contributed by atoms with Crippen LogP contribution in [0.1, 0.15) is 16.1 Å². The number of nitrogens with one attached hydrogen (secondary N) is 1. The molecule has 0 aliphatic rings. The zero-order chi connectivity index (χ0) is 14.1. The standard InChI is InChI=1S/C14H11N3O2S/c1-8-5-15-3-2-10(8)13-17-12(7-20-13)9-4-11(14(18)19)16-6-9/h2-7,16H,1H3,(H,18,19). The molecule has 100 valence electrons. The Bertz CT molecular complexity index is 776. The van der Waals surface area contributed by atoms with E-state index in [0.717, 1.165) is 27.4 Å². The molecule has 0 saturated carbocycles. The van der Waals surface area contributed by atoms with Crippen molar-refractivity contribution >= 4 is 17.3 Å². The van der Waals surface area contributed by atoms with Crippen molar-refractivity contribution in [2.75, 3.05) is 0 Å². The molecule has 20 heavy (non-hydrogen) atoms. The minimum absolute atomic E-state index is 0.162. The molecular weight excluding hydrogens is 274 g/mol. The summed E-state index contributed by atoms with van der Waals surface area (Å²) in [5.41, 5.74) is 3.81. The van der Waals surface area contributed by atoms with E-state index < -0.39 is 5.97 Å². The maximum atomic E-state index is 10.9. The summed E-state index contributed by atoms with van der Waals surface area (Å²) in [7, 11) is 0. The highest BCUT2D eigenvalue weighted by atomic mass is 32.1. The van der Waals surface area contributed by atoms with Crippen LogP contribution in [0, 0.1) is 6.92 Å². The molecule has 0 radical (unpaired) electrons. The molecule has 3 heterocycles. The molecule has 0 spiro atoms. The maximum Gasteiger partial charge on any atom is 0.352 e. The van der Waals surface area contributed by atoms with Gasteiger partial charge >= 0.3 is 5.97 Å². The largest absolute Gasteiger partial charge is 0.477 e. The number of aryl methyl sites for hydroxylation is 1. The van der Waals surface area contributed by atoms with Crippen molar-refractivity contribution in [3.8, 4) is 21.8 Å². The van der Waals surface area contributed by atoms with E-state index in [1.54, 1.807) is 24.7 Å². The first-order valence-corrected chi connectivity index (χ1v) is 6.81. The van der Waals surface area contributed by atoms with Gasteiger partial charge in [-0.1, -0.05) is 0 Å². The van der Waals surface area contributed by atoms with E-state index in [1.807, 2.05) is 18.4 Å². The van der Waals surface area contributed by atoms with E-state index in [9.17, 15) is 4.79 Å². The van der Waals surface area contributed by atoms with E-state index in [-0.39, 0.29) is 5.69 Å². The number of hydrogen-bond donors (Lipinski definition) is 2. The van der Waals surface area contributed by atoms with Gasteiger partial charge in [-0.25, -0.2) is 9.78 Å². The average molecular weight is 285 g/mol. The van der Waals surface area contributed by atoms with Gasteiger partial charge in [0.15, 0.2) is 0 Å². The molecule has 3 aromatic rings. The number of carbonyl (C=O) groups is 1. The highest BCUT2D eigenvalue weighted by Crippen LogP contribution is 2.30. The minimum Gasteiger partial charge on any atom is -0.477 e. The predicted octanol–water partition coefficient (Wildman–Crippen LogP) is 3.21. The first-order chi connectivity index (χ1) is 9.65. The molecule has 0 atom stereocenters. The van der Waals surface area contributed by atoms with Gasteiger partial charge < -0.3 is 10.1 Å². The molecule has 5 nitrogen and oxygen atoms in total. The number of carboxylic acids is 1. The van der Waals surface area contributed by atoms with Crippen molar-refractivity contribution < 1.29 is 9.90 Å². The van der Waals surface area contributed by atoms with Crippen molar-refractivity contribution in [2.24, 2.45) is 0 Å². The highest BCUT2D eigenvalue weighted by Gasteiger charge is 2.12. The number of pyridine rings is 1. The fraction of sp³-hybridized carbons (Fsp3) is 0.0714. The lowest BCUT2D eigenvalue weighted by molar-refractivity contribution is 0.0691. The number of H-pyrrole nitrogens is 1. The Kier molecular flexibility index (Phi) is 3.08. The number of aromatic amines is 1. The molecule has 6 heteroatoms. The third kappa shape index (κ3) is 2.21. The summed E-state index contributed by atoms with van der Waals surface area (Å²) in [5.74, 6) is -0.975. The number of thiazole rings is 1. The zero-order valence-corrected chi connectivity index (χ0v) is 11.4. The summed E-state index contributed by atoms with van der Waals surface area (Å²) < 4.78 is 0. The van der Waals surface area contributed by atoms with Gasteiger partial charge in [0, 0.05) is 35.1 Å². The van der Waals surface area contributed by atoms with Gasteiger partial charge in [0.25, 0.3) is 0 Å². The second-order valence-electron chi connectivity index (χ2n) is 4.34. The Morgan fingerprint density at radius 2 is 2.30 bits per heavy atom. The predicted molar refractivity (Wildman–Crippen MR) is 76.8 cm³/mol. The third-order valence-corrected chi connectivity index (χ3v) is 3.84. The van der Waals surface area contributed by atoms with Crippen molar-refractivity contribution in [3.05, 3.63) is 47.4 Å². The molecule has 0 fully saturated rings. The second-order valence-corrected chi connectivity index (χ2v) is 5.19. The summed E-state index contributed by atoms with van der Waals surface area (Å²) in [6.07, 6.45) is 5.19. The summed E-state index contributed by atoms with van der Waals surface area (Å²) >= 11 is 1.53. The van der Waals surface area contributed by atoms with E-state index in [0.29, 0.717) is 0 Å². The molecule has 0 unspecified atom stereocenters. The summed E-state index contributed by atoms with van der Waals surface area (Å²) in [6.45, 7) is 1.99. The normalized spacial score (nSPS) is 10.7. The first kappa shape index (κ1) is 12.6. The summed E-state index contributed by atoms with van der Waals surface area (Å²) in [4.78, 5) is 22.2. The van der Waals surface area contributed by atoms with Crippen molar-refractivity contribution in [1.29, 1.82) is 0 Å². The topological polar surface area (TPSA) is 78.9 Å². The van der Waals surface area contributed by atoms with Gasteiger partial charge in [-0.3, -0.25) is 4.98 Å². The van der Waals surface area contributed by atoms with Gasteiger partial charge in [-0.05, 0) is 24.6 Å². The van der Waals surface area contributed by atoms with Crippen molar-refractivity contribution in [3.63, 3.8) is 0 Å². The Morgan fingerprint density at radius 1 is 1.45 bits per heavy atom. The molecule has 0 amide bonds. The van der Waals surface area contributed by atoms with E-state index in [1.165, 1.54) is 11.3 Å². The molecule has 0 aliphatic heterocycles. The van der Waals surface area contributed by atoms with Crippen molar-refractivity contribution in [2.45, 2.75) is 6.92 Å². The highest BCUT2D eigenvalue weighted by molar-refractivity contribution is 7.13. The monoisotopic (exact) mass is 285 g/mol. The number of aromatic nitrogens is 3. The summed E-state index contributed by atoms with van der Waals surface area (Å²) in [5, 5.41) is 11.7. The van der Waals surface area contributed by atoms with Crippen LogP contribution in [0.4, 0.5) is 0 Å². The Hall–Kier alpha value is -2.47. The molecule has 2 N–H and O–H groups in total. The van der Waals surface area contributed by atoms with Crippen LogP contribution in [0.5, 0.6) is 0 Å². The molecule has 0 aliphatic carbocycles. The molecule has 0 aromatic carbocycles. The van der Waals surface area contributed by atoms with Gasteiger partial charge in [0.2, 0.25) is 0 Å². The van der Waals surface area contributed by atoms with Crippen LogP contribution in [0.25, 0.3) is 21.8 Å². The van der Waals surface area contributed by atoms with E-state index in [4.69, 9.17) is 5.11 Å². The van der Waals surface area contributed by atoms with Crippen molar-refractivity contribution in [1.82, 2.24) is 15.0 Å². The summed E-state index contributed by atoms with van der Waals surface area (Å²) in [6, 6.07) is 3.51. The maximum absolute atomic E-state index is 10.9. The number of rotatable bonds is 3. The van der Waals surface area contributed by atoms with Crippen LogP contribution >= 0.6 is 11.3 Å². The fourth-order valence-electron chi connectivity index (χ4n) is 1.91. The van der Waals surface area contributed by atoms with E-state index >= 15 is 0 Å². The number of carboxylic acid groups (broad SMARTS) is 1. The Morgan fingerprint density at radius 3 is 3.00 bits per heavy atom. The van der Waals surface area contributed by atoms with Gasteiger partial charge in [-0.2, -0.15) is 0 Å². The number of nitrogens with zero attached hydrogens (tertiary/aromatic N) is 2. The number of hydrogen-bond acceptors (Lipinski definition) is 4. The lowest BCUT2D eigenvalue weighted by atomic mass is 10.2. The molecule has 3 rings (SSSR count). The molecule has 0 saturated heterocycles. The molecule has 3 aromatic heterocycles. The van der Waals surface area contributed by atoms with Crippen LogP contribution in [0.15, 0.2) is 36.1 Å². The quantitative estimate of drug-likeness (QED) is 0.774. The average Bonchev–Trinajstić information content (AvgIpc) is 3.08. The lowest BCUT2D eigenvalue weighted by Gasteiger charge is -1.99. The second kappa shape index (κ2) is 4.90. The van der Waals surface area contributed by atoms with Crippen LogP contribution in [0.3, 0.4) is 0 Å².